The Morgan fingerprint density at radius 3 is 1.34 bits per heavy atom. The summed E-state index contributed by atoms with van der Waals surface area (Å²) in [5, 5.41) is 40.0. The molecule has 152 valence electrons. The molecule has 0 spiro atoms. The Labute approximate surface area is 164 Å². The smallest absolute Gasteiger partial charge is 0.258 e. The van der Waals surface area contributed by atoms with Crippen molar-refractivity contribution in [2.24, 2.45) is 0 Å². The quantitative estimate of drug-likeness (QED) is 0.375. The zero-order valence-corrected chi connectivity index (χ0v) is 14.9. The topological polar surface area (TPSA) is 134 Å². The number of fused-ring (bicyclic) bond motifs is 2. The lowest BCUT2D eigenvalue weighted by molar-refractivity contribution is -0.506. The molecule has 2 aromatic carbocycles. The van der Waals surface area contributed by atoms with Crippen molar-refractivity contribution in [1.29, 1.82) is 0 Å². The van der Waals surface area contributed by atoms with Crippen LogP contribution in [-0.2, 0) is 35.3 Å². The monoisotopic (exact) mass is 402 g/mol. The predicted molar refractivity (Wildman–Crippen MR) is 91.2 cm³/mol. The van der Waals surface area contributed by atoms with E-state index in [1.807, 2.05) is 12.1 Å². The van der Waals surface area contributed by atoms with E-state index in [-0.39, 0.29) is 0 Å². The van der Waals surface area contributed by atoms with E-state index in [0.717, 1.165) is 0 Å². The van der Waals surface area contributed by atoms with E-state index in [1.165, 1.54) is 0 Å². The summed E-state index contributed by atoms with van der Waals surface area (Å²) in [5.41, 5.74) is 1.36. The van der Waals surface area contributed by atoms with Gasteiger partial charge < -0.3 is 44.1 Å². The molecule has 4 aliphatic rings. The average molecular weight is 402 g/mol. The lowest BCUT2D eigenvalue weighted by Gasteiger charge is -2.51. The summed E-state index contributed by atoms with van der Waals surface area (Å²) >= 11 is 0. The van der Waals surface area contributed by atoms with Crippen LogP contribution in [0.5, 0.6) is 0 Å². The van der Waals surface area contributed by atoms with Crippen molar-refractivity contribution in [2.45, 2.75) is 47.9 Å². The SMILES string of the molecule is OC(O)C1(OC2(C(O)O)OC3(c4ccccc4)OC32)OC2(c3ccccc3)OC21. The number of ether oxygens (including phenoxy) is 5. The average Bonchev–Trinajstić information content (AvgIpc) is 3.56. The molecular formula is C20H18O9. The van der Waals surface area contributed by atoms with Crippen molar-refractivity contribution < 1.29 is 44.1 Å². The van der Waals surface area contributed by atoms with E-state index in [0.29, 0.717) is 11.1 Å². The third-order valence-corrected chi connectivity index (χ3v) is 5.91. The Balaban J connectivity index is 1.28. The number of rotatable bonds is 6. The first-order valence-electron chi connectivity index (χ1n) is 9.19. The van der Waals surface area contributed by atoms with E-state index < -0.39 is 47.9 Å². The summed E-state index contributed by atoms with van der Waals surface area (Å²) in [7, 11) is 0. The van der Waals surface area contributed by atoms with Gasteiger partial charge in [0.1, 0.15) is 0 Å². The molecule has 0 amide bonds. The van der Waals surface area contributed by atoms with Crippen LogP contribution in [0.25, 0.3) is 0 Å². The van der Waals surface area contributed by atoms with Gasteiger partial charge in [0.2, 0.25) is 24.2 Å². The van der Waals surface area contributed by atoms with Gasteiger partial charge >= 0.3 is 0 Å². The van der Waals surface area contributed by atoms with E-state index in [4.69, 9.17) is 23.7 Å². The molecule has 0 saturated carbocycles. The van der Waals surface area contributed by atoms with Crippen LogP contribution in [0.15, 0.2) is 60.7 Å². The Hall–Kier alpha value is -1.92. The van der Waals surface area contributed by atoms with Crippen molar-refractivity contribution in [3.8, 4) is 0 Å². The molecular weight excluding hydrogens is 384 g/mol. The highest BCUT2D eigenvalue weighted by Gasteiger charge is 2.91. The minimum absolute atomic E-state index is 0.680. The van der Waals surface area contributed by atoms with Gasteiger partial charge in [-0.3, -0.25) is 0 Å². The molecule has 6 unspecified atom stereocenters. The number of benzene rings is 2. The van der Waals surface area contributed by atoms with Gasteiger partial charge in [-0.2, -0.15) is 0 Å². The van der Waals surface area contributed by atoms with Crippen LogP contribution in [0.3, 0.4) is 0 Å². The van der Waals surface area contributed by atoms with Crippen LogP contribution in [0.4, 0.5) is 0 Å². The molecule has 0 aliphatic carbocycles. The Morgan fingerprint density at radius 1 is 0.655 bits per heavy atom. The highest BCUT2D eigenvalue weighted by molar-refractivity contribution is 5.35. The second-order valence-corrected chi connectivity index (χ2v) is 7.56. The second kappa shape index (κ2) is 5.41. The lowest BCUT2D eigenvalue weighted by Crippen LogP contribution is -2.73. The summed E-state index contributed by atoms with van der Waals surface area (Å²) in [6.07, 6.45) is -6.00. The van der Waals surface area contributed by atoms with Crippen LogP contribution < -0.4 is 0 Å². The Bertz CT molecular complexity index is 875. The molecule has 0 aromatic heterocycles. The first-order chi connectivity index (χ1) is 13.9. The number of hydrogen-bond acceptors (Lipinski definition) is 9. The number of aliphatic hydroxyl groups is 4. The fraction of sp³-hybridized carbons (Fsp3) is 0.400. The molecule has 4 N–H and O–H groups in total. The molecule has 9 nitrogen and oxygen atoms in total. The first-order valence-corrected chi connectivity index (χ1v) is 9.19. The minimum Gasteiger partial charge on any atom is -0.364 e. The first kappa shape index (κ1) is 17.9. The van der Waals surface area contributed by atoms with Crippen LogP contribution in [0.2, 0.25) is 0 Å². The van der Waals surface area contributed by atoms with Crippen LogP contribution >= 0.6 is 0 Å². The van der Waals surface area contributed by atoms with Gasteiger partial charge in [0.15, 0.2) is 12.2 Å². The third kappa shape index (κ3) is 2.04. The molecule has 4 heterocycles. The molecule has 6 rings (SSSR count). The van der Waals surface area contributed by atoms with Crippen LogP contribution in [-0.4, -0.2) is 56.8 Å². The maximum Gasteiger partial charge on any atom is 0.258 e. The zero-order chi connectivity index (χ0) is 20.1. The highest BCUT2D eigenvalue weighted by Crippen LogP contribution is 2.71. The van der Waals surface area contributed by atoms with Crippen molar-refractivity contribution in [2.75, 3.05) is 0 Å². The molecule has 6 atom stereocenters. The maximum absolute atomic E-state index is 9.99. The van der Waals surface area contributed by atoms with Gasteiger partial charge in [-0.25, -0.2) is 0 Å². The summed E-state index contributed by atoms with van der Waals surface area (Å²) in [6.45, 7) is 0. The summed E-state index contributed by atoms with van der Waals surface area (Å²) < 4.78 is 28.4. The van der Waals surface area contributed by atoms with Crippen LogP contribution in [0.1, 0.15) is 11.1 Å². The normalized spacial score (nSPS) is 43.9. The standard InChI is InChI=1S/C20H18O9/c21-15(22)19(13-17(25-13,27-19)11-7-3-1-4-8-11)29-20(16(23)24)14-18(26-14,28-20)12-9-5-2-6-10-12/h1-10,13-16,21-24H. The van der Waals surface area contributed by atoms with Gasteiger partial charge in [0.25, 0.3) is 11.6 Å². The van der Waals surface area contributed by atoms with E-state index in [1.54, 1.807) is 48.5 Å². The molecule has 0 radical (unpaired) electrons. The maximum atomic E-state index is 9.99. The third-order valence-electron chi connectivity index (χ3n) is 5.91. The molecule has 9 heteroatoms. The van der Waals surface area contributed by atoms with Gasteiger partial charge in [-0.15, -0.1) is 0 Å². The predicted octanol–water partition coefficient (Wildman–Crippen LogP) is -0.419. The summed E-state index contributed by atoms with van der Waals surface area (Å²) in [4.78, 5) is 0. The summed E-state index contributed by atoms with van der Waals surface area (Å²) in [6, 6.07) is 17.9. The van der Waals surface area contributed by atoms with Crippen molar-refractivity contribution in [3.63, 3.8) is 0 Å². The van der Waals surface area contributed by atoms with Crippen molar-refractivity contribution >= 4 is 0 Å². The second-order valence-electron chi connectivity index (χ2n) is 7.56. The van der Waals surface area contributed by atoms with Crippen molar-refractivity contribution in [3.05, 3.63) is 71.8 Å². The Morgan fingerprint density at radius 2 is 1.03 bits per heavy atom. The summed E-state index contributed by atoms with van der Waals surface area (Å²) in [5.74, 6) is -6.46. The van der Waals surface area contributed by atoms with Gasteiger partial charge in [-0.1, -0.05) is 60.7 Å². The number of epoxide rings is 2. The highest BCUT2D eigenvalue weighted by atomic mass is 17.0. The fourth-order valence-corrected chi connectivity index (χ4v) is 4.37. The molecule has 2 aromatic rings. The molecule has 4 saturated heterocycles. The fourth-order valence-electron chi connectivity index (χ4n) is 4.37. The van der Waals surface area contributed by atoms with Crippen molar-refractivity contribution in [1.82, 2.24) is 0 Å². The Kier molecular flexibility index (Phi) is 3.34. The molecule has 4 aliphatic heterocycles. The molecule has 29 heavy (non-hydrogen) atoms. The van der Waals surface area contributed by atoms with Gasteiger partial charge in [0, 0.05) is 11.1 Å². The largest absolute Gasteiger partial charge is 0.364 e. The zero-order valence-electron chi connectivity index (χ0n) is 14.9. The number of aliphatic hydroxyl groups excluding tert-OH is 2. The minimum atomic E-state index is -2.13. The van der Waals surface area contributed by atoms with Gasteiger partial charge in [-0.05, 0) is 0 Å². The number of hydrogen-bond donors (Lipinski definition) is 4. The lowest BCUT2D eigenvalue weighted by atomic mass is 9.90. The van der Waals surface area contributed by atoms with E-state index in [9.17, 15) is 20.4 Å². The molecule has 0 bridgehead atoms. The molecule has 4 fully saturated rings. The van der Waals surface area contributed by atoms with E-state index in [2.05, 4.69) is 0 Å². The van der Waals surface area contributed by atoms with Crippen LogP contribution in [0, 0.1) is 0 Å². The van der Waals surface area contributed by atoms with E-state index >= 15 is 0 Å². The van der Waals surface area contributed by atoms with Gasteiger partial charge in [0.05, 0.1) is 0 Å².